The van der Waals surface area contributed by atoms with Gasteiger partial charge in [-0.15, -0.1) is 9.95 Å². The Kier molecular flexibility index (Phi) is 5.27. The van der Waals surface area contributed by atoms with Gasteiger partial charge in [-0.2, -0.15) is 0 Å². The van der Waals surface area contributed by atoms with E-state index in [-0.39, 0.29) is 15.6 Å². The normalized spacial score (nSPS) is 10.4. The van der Waals surface area contributed by atoms with E-state index in [0.717, 1.165) is 0 Å². The summed E-state index contributed by atoms with van der Waals surface area (Å²) in [6.07, 6.45) is 1.18. The maximum Gasteiger partial charge on any atom is 0.366 e. The molecular weight excluding hydrogens is 288 g/mol. The molecule has 0 spiro atoms. The molecule has 4 N–H and O–H groups in total. The van der Waals surface area contributed by atoms with Gasteiger partial charge in [-0.25, -0.2) is 0 Å². The molecule has 0 bridgehead atoms. The number of nitrogens with two attached hydrogens (primary N) is 2. The fraction of sp³-hybridized carbons (Fsp3) is 0.273. The third kappa shape index (κ3) is 3.15. The second-order valence-electron chi connectivity index (χ2n) is 3.49. The highest BCUT2D eigenvalue weighted by Crippen LogP contribution is 2.44. The SMILES string of the molecule is COc1cc(/C=N/[N+]([O-])=C(N)N)c(Cl)c(OC)c1OC. The standard InChI is InChI=1S/C11H15ClN4O4/c1-18-7-4-6(5-15-16(17)11(13)14)8(12)10(20-3)9(7)19-2/h4-5H,13-14H2,1-3H3/b15-5+. The van der Waals surface area contributed by atoms with Gasteiger partial charge in [0.2, 0.25) is 5.75 Å². The number of benzene rings is 1. The van der Waals surface area contributed by atoms with Crippen molar-refractivity contribution in [3.63, 3.8) is 0 Å². The first-order valence-corrected chi connectivity index (χ1v) is 5.71. The Hall–Kier alpha value is -2.35. The molecule has 0 aliphatic rings. The summed E-state index contributed by atoms with van der Waals surface area (Å²) in [6.45, 7) is 0. The van der Waals surface area contributed by atoms with Crippen molar-refractivity contribution in [1.82, 2.24) is 0 Å². The molecule has 0 unspecified atom stereocenters. The monoisotopic (exact) mass is 302 g/mol. The van der Waals surface area contributed by atoms with Crippen molar-refractivity contribution in [2.75, 3.05) is 21.3 Å². The molecule has 9 heteroatoms. The predicted molar refractivity (Wildman–Crippen MR) is 75.7 cm³/mol. The summed E-state index contributed by atoms with van der Waals surface area (Å²) >= 11 is 6.14. The van der Waals surface area contributed by atoms with Gasteiger partial charge in [-0.1, -0.05) is 11.6 Å². The number of methoxy groups -OCH3 is 3. The molecule has 8 nitrogen and oxygen atoms in total. The van der Waals surface area contributed by atoms with Crippen LogP contribution in [0, 0.1) is 5.21 Å². The summed E-state index contributed by atoms with van der Waals surface area (Å²) < 4.78 is 15.5. The minimum absolute atomic E-state index is 0.0551. The second kappa shape index (κ2) is 6.71. The van der Waals surface area contributed by atoms with Gasteiger partial charge in [0, 0.05) is 5.56 Å². The Morgan fingerprint density at radius 2 is 1.85 bits per heavy atom. The number of rotatable bonds is 5. The number of ether oxygens (including phenoxy) is 3. The number of hydrogen-bond donors (Lipinski definition) is 2. The Balaban J connectivity index is 3.39. The molecule has 0 saturated heterocycles. The summed E-state index contributed by atoms with van der Waals surface area (Å²) in [7, 11) is 4.33. The molecular formula is C11H15ClN4O4. The topological polar surface area (TPSA) is 118 Å². The highest BCUT2D eigenvalue weighted by atomic mass is 35.5. The van der Waals surface area contributed by atoms with Crippen molar-refractivity contribution in [3.05, 3.63) is 21.9 Å². The highest BCUT2D eigenvalue weighted by molar-refractivity contribution is 6.35. The average molecular weight is 303 g/mol. The van der Waals surface area contributed by atoms with E-state index in [2.05, 4.69) is 5.10 Å². The van der Waals surface area contributed by atoms with Crippen LogP contribution in [-0.4, -0.2) is 38.4 Å². The van der Waals surface area contributed by atoms with E-state index in [1.807, 2.05) is 0 Å². The van der Waals surface area contributed by atoms with Crippen LogP contribution in [0.1, 0.15) is 5.56 Å². The van der Waals surface area contributed by atoms with Crippen molar-refractivity contribution >= 4 is 23.8 Å². The van der Waals surface area contributed by atoms with Crippen LogP contribution in [0.2, 0.25) is 5.02 Å². The van der Waals surface area contributed by atoms with Crippen LogP contribution >= 0.6 is 11.6 Å². The molecule has 0 atom stereocenters. The third-order valence-electron chi connectivity index (χ3n) is 2.32. The first-order chi connectivity index (χ1) is 9.46. The molecule has 1 aromatic carbocycles. The largest absolute Gasteiger partial charge is 0.722 e. The fourth-order valence-corrected chi connectivity index (χ4v) is 1.68. The molecule has 20 heavy (non-hydrogen) atoms. The van der Waals surface area contributed by atoms with Crippen molar-refractivity contribution in [2.24, 2.45) is 16.6 Å². The van der Waals surface area contributed by atoms with E-state index in [1.165, 1.54) is 33.6 Å². The molecule has 1 aromatic rings. The molecule has 0 fully saturated rings. The van der Waals surface area contributed by atoms with Gasteiger partial charge in [0.1, 0.15) is 0 Å². The zero-order chi connectivity index (χ0) is 15.3. The van der Waals surface area contributed by atoms with E-state index >= 15 is 0 Å². The number of guanidine groups is 1. The Labute approximate surface area is 120 Å². The van der Waals surface area contributed by atoms with E-state index in [0.29, 0.717) is 17.1 Å². The summed E-state index contributed by atoms with van der Waals surface area (Å²) in [4.78, 5) is 0.0551. The van der Waals surface area contributed by atoms with Crippen molar-refractivity contribution in [2.45, 2.75) is 0 Å². The summed E-state index contributed by atoms with van der Waals surface area (Å²) in [5.41, 5.74) is 10.6. The molecule has 0 saturated carbocycles. The minimum Gasteiger partial charge on any atom is -0.722 e. The van der Waals surface area contributed by atoms with Gasteiger partial charge in [0.25, 0.3) is 0 Å². The van der Waals surface area contributed by atoms with Gasteiger partial charge in [0.15, 0.2) is 11.5 Å². The molecule has 0 heterocycles. The predicted octanol–water partition coefficient (Wildman–Crippen LogP) is 0.483. The van der Waals surface area contributed by atoms with Crippen LogP contribution in [0.25, 0.3) is 0 Å². The Morgan fingerprint density at radius 1 is 1.25 bits per heavy atom. The van der Waals surface area contributed by atoms with E-state index in [1.54, 1.807) is 0 Å². The van der Waals surface area contributed by atoms with Crippen LogP contribution in [0.15, 0.2) is 11.2 Å². The summed E-state index contributed by atoms with van der Waals surface area (Å²) in [5.74, 6) is 0.473. The number of halogens is 1. The molecule has 0 aromatic heterocycles. The summed E-state index contributed by atoms with van der Waals surface area (Å²) in [6, 6.07) is 1.54. The van der Waals surface area contributed by atoms with Crippen LogP contribution in [0.5, 0.6) is 17.2 Å². The van der Waals surface area contributed by atoms with Crippen LogP contribution in [0.4, 0.5) is 0 Å². The maximum atomic E-state index is 11.2. The lowest BCUT2D eigenvalue weighted by Crippen LogP contribution is -2.30. The zero-order valence-corrected chi connectivity index (χ0v) is 12.0. The lowest BCUT2D eigenvalue weighted by Gasteiger charge is -2.15. The second-order valence-corrected chi connectivity index (χ2v) is 3.87. The molecule has 110 valence electrons. The smallest absolute Gasteiger partial charge is 0.366 e. The van der Waals surface area contributed by atoms with Crippen molar-refractivity contribution in [1.29, 1.82) is 0 Å². The quantitative estimate of drug-likeness (QED) is 0.268. The van der Waals surface area contributed by atoms with Gasteiger partial charge in [0.05, 0.1) is 32.6 Å². The lowest BCUT2D eigenvalue weighted by atomic mass is 10.2. The average Bonchev–Trinajstić information content (AvgIpc) is 2.44. The van der Waals surface area contributed by atoms with Gasteiger partial charge >= 0.3 is 5.96 Å². The number of nitrogens with zero attached hydrogens (tertiary/aromatic N) is 2. The highest BCUT2D eigenvalue weighted by Gasteiger charge is 2.18. The zero-order valence-electron chi connectivity index (χ0n) is 11.2. The Bertz CT molecular complexity index is 556. The molecule has 1 rings (SSSR count). The minimum atomic E-state index is -0.496. The molecule has 0 amide bonds. The van der Waals surface area contributed by atoms with Crippen LogP contribution in [-0.2, 0) is 0 Å². The van der Waals surface area contributed by atoms with Gasteiger partial charge in [-0.3, -0.25) is 11.5 Å². The summed E-state index contributed by atoms with van der Waals surface area (Å²) in [5, 5.41) is 14.9. The number of hydrogen-bond acceptors (Lipinski definition) is 5. The van der Waals surface area contributed by atoms with Crippen LogP contribution < -0.4 is 25.7 Å². The van der Waals surface area contributed by atoms with E-state index in [4.69, 9.17) is 37.3 Å². The van der Waals surface area contributed by atoms with E-state index in [9.17, 15) is 5.21 Å². The maximum absolute atomic E-state index is 11.2. The Morgan fingerprint density at radius 3 is 2.30 bits per heavy atom. The fourth-order valence-electron chi connectivity index (χ4n) is 1.42. The first-order valence-electron chi connectivity index (χ1n) is 5.33. The number of hydrazone groups is 1. The lowest BCUT2D eigenvalue weighted by molar-refractivity contribution is -0.463. The van der Waals surface area contributed by atoms with Crippen molar-refractivity contribution < 1.29 is 19.1 Å². The van der Waals surface area contributed by atoms with Gasteiger partial charge < -0.3 is 19.4 Å². The van der Waals surface area contributed by atoms with Gasteiger partial charge in [-0.05, 0) is 6.07 Å². The molecule has 0 aliphatic carbocycles. The van der Waals surface area contributed by atoms with E-state index < -0.39 is 5.96 Å². The first kappa shape index (κ1) is 15.7. The molecule has 0 aliphatic heterocycles. The van der Waals surface area contributed by atoms with Crippen LogP contribution in [0.3, 0.4) is 0 Å². The third-order valence-corrected chi connectivity index (χ3v) is 2.71. The molecule has 0 radical (unpaired) electrons. The van der Waals surface area contributed by atoms with Crippen molar-refractivity contribution in [3.8, 4) is 17.2 Å².